The maximum atomic E-state index is 13.2. The van der Waals surface area contributed by atoms with Gasteiger partial charge in [0.2, 0.25) is 0 Å². The maximum Gasteiger partial charge on any atom is 0.339 e. The first kappa shape index (κ1) is 22.2. The van der Waals surface area contributed by atoms with Gasteiger partial charge in [0.1, 0.15) is 6.54 Å². The van der Waals surface area contributed by atoms with Crippen LogP contribution >= 0.6 is 22.7 Å². The molecule has 3 aromatic rings. The largest absolute Gasteiger partial charge is 0.454 e. The second-order valence-corrected chi connectivity index (χ2v) is 10.9. The van der Waals surface area contributed by atoms with E-state index in [1.165, 1.54) is 5.56 Å². The molecule has 1 fully saturated rings. The van der Waals surface area contributed by atoms with Crippen molar-refractivity contribution in [3.05, 3.63) is 80.7 Å². The van der Waals surface area contributed by atoms with Crippen LogP contribution in [0.25, 0.3) is 0 Å². The molecule has 0 spiro atoms. The lowest BCUT2D eigenvalue weighted by Crippen LogP contribution is -2.47. The van der Waals surface area contributed by atoms with Crippen LogP contribution in [-0.2, 0) is 28.8 Å². The molecule has 0 saturated carbocycles. The highest BCUT2D eigenvalue weighted by atomic mass is 32.1. The molecule has 1 N–H and O–H groups in total. The number of hydrogen-bond acceptors (Lipinski definition) is 5. The Kier molecular flexibility index (Phi) is 6.92. The predicted octanol–water partition coefficient (Wildman–Crippen LogP) is 4.33. The zero-order valence-corrected chi connectivity index (χ0v) is 19.5. The summed E-state index contributed by atoms with van der Waals surface area (Å²) < 4.78 is 6.82. The van der Waals surface area contributed by atoms with E-state index in [1.807, 2.05) is 41.1 Å². The Labute approximate surface area is 192 Å². The summed E-state index contributed by atoms with van der Waals surface area (Å²) in [5.74, 6) is -0.490. The van der Waals surface area contributed by atoms with E-state index >= 15 is 0 Å². The third kappa shape index (κ3) is 5.83. The summed E-state index contributed by atoms with van der Waals surface area (Å²) in [7, 11) is 2.24. The minimum Gasteiger partial charge on any atom is -0.454 e. The van der Waals surface area contributed by atoms with Crippen LogP contribution in [-0.4, -0.2) is 53.9 Å². The molecule has 2 unspecified atom stereocenters. The summed E-state index contributed by atoms with van der Waals surface area (Å²) in [4.78, 5) is 15.2. The molecule has 0 amide bonds. The van der Waals surface area contributed by atoms with Crippen LogP contribution in [0, 0.1) is 0 Å². The van der Waals surface area contributed by atoms with Gasteiger partial charge >= 0.3 is 5.97 Å². The number of thiophene rings is 2. The van der Waals surface area contributed by atoms with Gasteiger partial charge in [0.05, 0.1) is 20.1 Å². The second-order valence-electron chi connectivity index (χ2n) is 8.84. The normalized spacial score (nSPS) is 21.3. The average molecular weight is 457 g/mol. The van der Waals surface area contributed by atoms with Gasteiger partial charge in [-0.05, 0) is 28.5 Å². The fourth-order valence-electron chi connectivity index (χ4n) is 4.34. The third-order valence-corrected chi connectivity index (χ3v) is 7.92. The summed E-state index contributed by atoms with van der Waals surface area (Å²) in [6.45, 7) is 2.80. The SMILES string of the molecule is C[N+]1(CCc2ccccc2)CCC(OC(=O)C(O)(Cc2cccs2)Cc2cccs2)C1. The van der Waals surface area contributed by atoms with Crippen molar-refractivity contribution in [2.24, 2.45) is 0 Å². The number of rotatable bonds is 9. The van der Waals surface area contributed by atoms with E-state index in [4.69, 9.17) is 4.74 Å². The third-order valence-electron chi connectivity index (χ3n) is 6.17. The molecule has 1 saturated heterocycles. The average Bonchev–Trinajstić information content (AvgIpc) is 3.51. The van der Waals surface area contributed by atoms with E-state index in [-0.39, 0.29) is 18.9 Å². The fraction of sp³-hybridized carbons (Fsp3) is 0.400. The van der Waals surface area contributed by atoms with Crippen LogP contribution in [0.2, 0.25) is 0 Å². The second kappa shape index (κ2) is 9.65. The van der Waals surface area contributed by atoms with Gasteiger partial charge < -0.3 is 14.3 Å². The van der Waals surface area contributed by atoms with Gasteiger partial charge in [-0.2, -0.15) is 0 Å². The molecule has 2 aromatic heterocycles. The quantitative estimate of drug-likeness (QED) is 0.385. The van der Waals surface area contributed by atoms with E-state index in [2.05, 4.69) is 31.3 Å². The summed E-state index contributed by atoms with van der Waals surface area (Å²) in [6, 6.07) is 18.3. The number of hydrogen-bond donors (Lipinski definition) is 1. The molecule has 1 aliphatic rings. The van der Waals surface area contributed by atoms with Crippen LogP contribution in [0.1, 0.15) is 21.7 Å². The minimum atomic E-state index is -1.54. The van der Waals surface area contributed by atoms with Crippen LogP contribution in [0.4, 0.5) is 0 Å². The first-order chi connectivity index (χ1) is 14.9. The number of quaternary nitrogens is 1. The predicted molar refractivity (Wildman–Crippen MR) is 126 cm³/mol. The lowest BCUT2D eigenvalue weighted by Gasteiger charge is -2.30. The highest BCUT2D eigenvalue weighted by molar-refractivity contribution is 7.10. The van der Waals surface area contributed by atoms with Crippen molar-refractivity contribution in [1.82, 2.24) is 0 Å². The summed E-state index contributed by atoms with van der Waals surface area (Å²) in [5, 5.41) is 15.3. The number of aliphatic hydroxyl groups is 1. The number of benzene rings is 1. The van der Waals surface area contributed by atoms with E-state index < -0.39 is 11.6 Å². The molecule has 2 atom stereocenters. The monoisotopic (exact) mass is 456 g/mol. The van der Waals surface area contributed by atoms with E-state index in [0.717, 1.165) is 46.7 Å². The Bertz CT molecular complexity index is 920. The smallest absolute Gasteiger partial charge is 0.339 e. The van der Waals surface area contributed by atoms with Crippen molar-refractivity contribution < 1.29 is 19.1 Å². The lowest BCUT2D eigenvalue weighted by molar-refractivity contribution is -0.898. The number of esters is 1. The Morgan fingerprint density at radius 2 is 1.71 bits per heavy atom. The van der Waals surface area contributed by atoms with Gasteiger partial charge in [0.15, 0.2) is 11.7 Å². The number of ether oxygens (including phenoxy) is 1. The molecule has 4 rings (SSSR count). The molecule has 164 valence electrons. The van der Waals surface area contributed by atoms with Crippen LogP contribution in [0.15, 0.2) is 65.4 Å². The fourth-order valence-corrected chi connectivity index (χ4v) is 5.97. The molecule has 1 aromatic carbocycles. The standard InChI is InChI=1S/C25H30NO3S2/c1-26(13-11-20-7-3-2-4-8-20)14-12-21(19-26)29-24(27)25(28,17-22-9-5-15-30-22)18-23-10-6-16-31-23/h2-10,15-16,21,28H,11-14,17-19H2,1H3/q+1. The molecule has 31 heavy (non-hydrogen) atoms. The van der Waals surface area contributed by atoms with Gasteiger partial charge in [0, 0.05) is 35.4 Å². The van der Waals surface area contributed by atoms with Gasteiger partial charge in [-0.3, -0.25) is 0 Å². The number of carbonyl (C=O) groups excluding carboxylic acids is 1. The van der Waals surface area contributed by atoms with Crippen LogP contribution in [0.3, 0.4) is 0 Å². The van der Waals surface area contributed by atoms with Crippen molar-refractivity contribution in [3.63, 3.8) is 0 Å². The van der Waals surface area contributed by atoms with Gasteiger partial charge in [0.25, 0.3) is 0 Å². The van der Waals surface area contributed by atoms with Crippen molar-refractivity contribution in [2.45, 2.75) is 37.4 Å². The van der Waals surface area contributed by atoms with E-state index in [0.29, 0.717) is 0 Å². The molecular formula is C25H30NO3S2+. The Morgan fingerprint density at radius 3 is 2.29 bits per heavy atom. The Morgan fingerprint density at radius 1 is 1.06 bits per heavy atom. The number of carbonyl (C=O) groups is 1. The summed E-state index contributed by atoms with van der Waals surface area (Å²) in [6.07, 6.45) is 2.28. The van der Waals surface area contributed by atoms with Gasteiger partial charge in [-0.25, -0.2) is 4.79 Å². The summed E-state index contributed by atoms with van der Waals surface area (Å²) >= 11 is 3.12. The number of likely N-dealkylation sites (N-methyl/N-ethyl adjacent to an activating group) is 1. The van der Waals surface area contributed by atoms with Crippen molar-refractivity contribution in [1.29, 1.82) is 0 Å². The molecule has 6 heteroatoms. The molecule has 0 radical (unpaired) electrons. The number of likely N-dealkylation sites (tertiary alicyclic amines) is 1. The van der Waals surface area contributed by atoms with Crippen molar-refractivity contribution in [2.75, 3.05) is 26.7 Å². The van der Waals surface area contributed by atoms with Crippen LogP contribution < -0.4 is 0 Å². The molecule has 0 aliphatic carbocycles. The maximum absolute atomic E-state index is 13.2. The molecule has 1 aliphatic heterocycles. The van der Waals surface area contributed by atoms with Crippen molar-refractivity contribution in [3.8, 4) is 0 Å². The minimum absolute atomic E-state index is 0.147. The first-order valence-electron chi connectivity index (χ1n) is 10.8. The Hall–Kier alpha value is -1.99. The zero-order valence-electron chi connectivity index (χ0n) is 17.9. The van der Waals surface area contributed by atoms with Gasteiger partial charge in [-0.15, -0.1) is 22.7 Å². The van der Waals surface area contributed by atoms with E-state index in [1.54, 1.807) is 22.7 Å². The lowest BCUT2D eigenvalue weighted by atomic mass is 9.93. The molecule has 0 bridgehead atoms. The van der Waals surface area contributed by atoms with Gasteiger partial charge in [-0.1, -0.05) is 42.5 Å². The summed E-state index contributed by atoms with van der Waals surface area (Å²) in [5.41, 5.74) is -0.199. The van der Waals surface area contributed by atoms with Crippen molar-refractivity contribution >= 4 is 28.6 Å². The topological polar surface area (TPSA) is 46.5 Å². The molecule has 4 nitrogen and oxygen atoms in total. The highest BCUT2D eigenvalue weighted by Crippen LogP contribution is 2.28. The Balaban J connectivity index is 1.38. The highest BCUT2D eigenvalue weighted by Gasteiger charge is 2.43. The van der Waals surface area contributed by atoms with Crippen LogP contribution in [0.5, 0.6) is 0 Å². The zero-order chi connectivity index (χ0) is 21.7. The number of nitrogens with zero attached hydrogens (tertiary/aromatic N) is 1. The molecular weight excluding hydrogens is 426 g/mol. The van der Waals surface area contributed by atoms with E-state index in [9.17, 15) is 9.90 Å². The molecule has 3 heterocycles. The first-order valence-corrected chi connectivity index (χ1v) is 12.6.